The van der Waals surface area contributed by atoms with Gasteiger partial charge >= 0.3 is 0 Å². The van der Waals surface area contributed by atoms with Crippen molar-refractivity contribution >= 4 is 11.0 Å². The van der Waals surface area contributed by atoms with Gasteiger partial charge in [-0.25, -0.2) is 0 Å². The molecule has 3 heteroatoms. The van der Waals surface area contributed by atoms with Crippen molar-refractivity contribution < 1.29 is 4.42 Å². The van der Waals surface area contributed by atoms with Gasteiger partial charge in [0.1, 0.15) is 11.3 Å². The lowest BCUT2D eigenvalue weighted by Crippen LogP contribution is -2.26. The number of furan rings is 1. The summed E-state index contributed by atoms with van der Waals surface area (Å²) in [4.78, 5) is 2.50. The van der Waals surface area contributed by atoms with E-state index in [9.17, 15) is 0 Å². The zero-order valence-electron chi connectivity index (χ0n) is 13.4. The Balaban J connectivity index is 2.18. The number of hydrogen-bond donors (Lipinski definition) is 1. The summed E-state index contributed by atoms with van der Waals surface area (Å²) in [5.41, 5.74) is 8.09. The maximum absolute atomic E-state index is 6.06. The van der Waals surface area contributed by atoms with Gasteiger partial charge in [-0.1, -0.05) is 44.9 Å². The highest BCUT2D eigenvalue weighted by atomic mass is 16.3. The molecule has 2 N–H and O–H groups in total. The minimum absolute atomic E-state index is 0.543. The standard InChI is InChI=1S/C18H28N2O/c1-3-5-11-20(12-6-4-2)14-18-16(13-19)15-9-7-8-10-17(15)21-18/h7-10H,3-6,11-14,19H2,1-2H3. The van der Waals surface area contributed by atoms with E-state index in [0.29, 0.717) is 6.54 Å². The van der Waals surface area contributed by atoms with E-state index >= 15 is 0 Å². The highest BCUT2D eigenvalue weighted by Gasteiger charge is 2.15. The van der Waals surface area contributed by atoms with E-state index in [-0.39, 0.29) is 0 Å². The third-order valence-corrected chi connectivity index (χ3v) is 4.01. The SMILES string of the molecule is CCCCN(CCCC)Cc1oc2ccccc2c1CN. The van der Waals surface area contributed by atoms with Gasteiger partial charge in [-0.2, -0.15) is 0 Å². The van der Waals surface area contributed by atoms with Crippen LogP contribution < -0.4 is 5.73 Å². The van der Waals surface area contributed by atoms with Crippen LogP contribution in [0, 0.1) is 0 Å². The normalized spacial score (nSPS) is 11.6. The van der Waals surface area contributed by atoms with E-state index in [4.69, 9.17) is 10.2 Å². The quantitative estimate of drug-likeness (QED) is 0.748. The summed E-state index contributed by atoms with van der Waals surface area (Å²) >= 11 is 0. The third kappa shape index (κ3) is 4.08. The van der Waals surface area contributed by atoms with Gasteiger partial charge in [-0.15, -0.1) is 0 Å². The fourth-order valence-corrected chi connectivity index (χ4v) is 2.74. The third-order valence-electron chi connectivity index (χ3n) is 4.01. The average Bonchev–Trinajstić information content (AvgIpc) is 2.86. The first-order valence-electron chi connectivity index (χ1n) is 8.21. The second kappa shape index (κ2) is 8.20. The molecule has 1 heterocycles. The van der Waals surface area contributed by atoms with Crippen molar-refractivity contribution in [2.24, 2.45) is 5.73 Å². The topological polar surface area (TPSA) is 42.4 Å². The predicted octanol–water partition coefficient (Wildman–Crippen LogP) is 4.29. The molecule has 2 rings (SSSR count). The Labute approximate surface area is 128 Å². The van der Waals surface area contributed by atoms with E-state index in [0.717, 1.165) is 31.0 Å². The van der Waals surface area contributed by atoms with Gasteiger partial charge in [0.25, 0.3) is 0 Å². The van der Waals surface area contributed by atoms with Crippen LogP contribution in [0.25, 0.3) is 11.0 Å². The molecule has 0 saturated carbocycles. The van der Waals surface area contributed by atoms with E-state index in [1.807, 2.05) is 18.2 Å². The Morgan fingerprint density at radius 3 is 2.33 bits per heavy atom. The van der Waals surface area contributed by atoms with Crippen molar-refractivity contribution in [1.82, 2.24) is 4.90 Å². The van der Waals surface area contributed by atoms with Crippen molar-refractivity contribution in [3.05, 3.63) is 35.6 Å². The van der Waals surface area contributed by atoms with Gasteiger partial charge < -0.3 is 10.2 Å². The molecular weight excluding hydrogens is 260 g/mol. The van der Waals surface area contributed by atoms with Crippen molar-refractivity contribution in [1.29, 1.82) is 0 Å². The molecule has 0 fully saturated rings. The summed E-state index contributed by atoms with van der Waals surface area (Å²) in [6, 6.07) is 8.20. The van der Waals surface area contributed by atoms with E-state index in [1.54, 1.807) is 0 Å². The highest BCUT2D eigenvalue weighted by molar-refractivity contribution is 5.82. The number of para-hydroxylation sites is 1. The van der Waals surface area contributed by atoms with Gasteiger partial charge in [0.15, 0.2) is 0 Å². The molecule has 0 spiro atoms. The number of fused-ring (bicyclic) bond motifs is 1. The monoisotopic (exact) mass is 288 g/mol. The molecule has 0 aliphatic carbocycles. The molecule has 21 heavy (non-hydrogen) atoms. The maximum Gasteiger partial charge on any atom is 0.134 e. The number of hydrogen-bond acceptors (Lipinski definition) is 3. The van der Waals surface area contributed by atoms with E-state index < -0.39 is 0 Å². The first kappa shape index (κ1) is 16.1. The second-order valence-electron chi connectivity index (χ2n) is 5.69. The van der Waals surface area contributed by atoms with Crippen LogP contribution in [-0.2, 0) is 13.1 Å². The van der Waals surface area contributed by atoms with Crippen LogP contribution in [0.4, 0.5) is 0 Å². The predicted molar refractivity (Wildman–Crippen MR) is 89.2 cm³/mol. The van der Waals surface area contributed by atoms with Crippen molar-refractivity contribution in [3.8, 4) is 0 Å². The molecule has 2 aromatic rings. The lowest BCUT2D eigenvalue weighted by molar-refractivity contribution is 0.238. The number of rotatable bonds is 9. The lowest BCUT2D eigenvalue weighted by atomic mass is 10.1. The molecule has 1 aromatic heterocycles. The first-order valence-corrected chi connectivity index (χ1v) is 8.21. The van der Waals surface area contributed by atoms with Gasteiger partial charge in [0, 0.05) is 17.5 Å². The zero-order valence-corrected chi connectivity index (χ0v) is 13.4. The molecule has 0 amide bonds. The van der Waals surface area contributed by atoms with E-state index in [1.165, 1.54) is 36.6 Å². The molecule has 0 aliphatic heterocycles. The molecule has 3 nitrogen and oxygen atoms in total. The summed E-state index contributed by atoms with van der Waals surface area (Å²) < 4.78 is 6.06. The number of unbranched alkanes of at least 4 members (excludes halogenated alkanes) is 2. The zero-order chi connectivity index (χ0) is 15.1. The minimum atomic E-state index is 0.543. The second-order valence-corrected chi connectivity index (χ2v) is 5.69. The Hall–Kier alpha value is -1.32. The molecule has 116 valence electrons. The number of benzene rings is 1. The molecule has 0 atom stereocenters. The summed E-state index contributed by atoms with van der Waals surface area (Å²) in [6.07, 6.45) is 4.93. The number of nitrogens with two attached hydrogens (primary N) is 1. The largest absolute Gasteiger partial charge is 0.459 e. The summed E-state index contributed by atoms with van der Waals surface area (Å²) in [7, 11) is 0. The lowest BCUT2D eigenvalue weighted by Gasteiger charge is -2.21. The average molecular weight is 288 g/mol. The Morgan fingerprint density at radius 2 is 1.71 bits per heavy atom. The van der Waals surface area contributed by atoms with Crippen molar-refractivity contribution in [2.75, 3.05) is 13.1 Å². The van der Waals surface area contributed by atoms with Crippen molar-refractivity contribution in [2.45, 2.75) is 52.6 Å². The smallest absolute Gasteiger partial charge is 0.134 e. The molecule has 0 saturated heterocycles. The minimum Gasteiger partial charge on any atom is -0.459 e. The molecule has 0 bridgehead atoms. The Morgan fingerprint density at radius 1 is 1.05 bits per heavy atom. The highest BCUT2D eigenvalue weighted by Crippen LogP contribution is 2.26. The molecule has 0 aliphatic rings. The van der Waals surface area contributed by atoms with Crippen LogP contribution in [0.2, 0.25) is 0 Å². The molecule has 0 radical (unpaired) electrons. The van der Waals surface area contributed by atoms with Crippen LogP contribution in [0.1, 0.15) is 50.9 Å². The fourth-order valence-electron chi connectivity index (χ4n) is 2.74. The Kier molecular flexibility index (Phi) is 6.27. The molecule has 1 aromatic carbocycles. The van der Waals surface area contributed by atoms with Gasteiger partial charge in [0.2, 0.25) is 0 Å². The van der Waals surface area contributed by atoms with Gasteiger partial charge in [-0.3, -0.25) is 4.90 Å². The van der Waals surface area contributed by atoms with Crippen LogP contribution in [0.3, 0.4) is 0 Å². The van der Waals surface area contributed by atoms with Crippen molar-refractivity contribution in [3.63, 3.8) is 0 Å². The van der Waals surface area contributed by atoms with Gasteiger partial charge in [0.05, 0.1) is 6.54 Å². The van der Waals surface area contributed by atoms with Crippen LogP contribution in [0.15, 0.2) is 28.7 Å². The van der Waals surface area contributed by atoms with Gasteiger partial charge in [-0.05, 0) is 32.0 Å². The summed E-state index contributed by atoms with van der Waals surface area (Å²) in [6.45, 7) is 8.17. The Bertz CT molecular complexity index is 539. The van der Waals surface area contributed by atoms with Crippen LogP contribution in [0.5, 0.6) is 0 Å². The number of nitrogens with zero attached hydrogens (tertiary/aromatic N) is 1. The van der Waals surface area contributed by atoms with Crippen LogP contribution in [-0.4, -0.2) is 18.0 Å². The van der Waals surface area contributed by atoms with E-state index in [2.05, 4.69) is 24.8 Å². The van der Waals surface area contributed by atoms with Crippen LogP contribution >= 0.6 is 0 Å². The molecular formula is C18H28N2O. The first-order chi connectivity index (χ1) is 10.3. The summed E-state index contributed by atoms with van der Waals surface area (Å²) in [5.74, 6) is 1.05. The summed E-state index contributed by atoms with van der Waals surface area (Å²) in [5, 5.41) is 1.17. The maximum atomic E-state index is 6.06. The fraction of sp³-hybridized carbons (Fsp3) is 0.556. The molecule has 0 unspecified atom stereocenters.